The van der Waals surface area contributed by atoms with Gasteiger partial charge in [-0.25, -0.2) is 4.98 Å². The minimum absolute atomic E-state index is 0.257. The highest BCUT2D eigenvalue weighted by atomic mass is 15.2. The Morgan fingerprint density at radius 1 is 1.22 bits per heavy atom. The van der Waals surface area contributed by atoms with Gasteiger partial charge < -0.3 is 10.6 Å². The lowest BCUT2D eigenvalue weighted by Gasteiger charge is -2.20. The number of hydrogen-bond donors (Lipinski definition) is 1. The van der Waals surface area contributed by atoms with Crippen molar-refractivity contribution in [3.05, 3.63) is 47.7 Å². The van der Waals surface area contributed by atoms with E-state index < -0.39 is 0 Å². The van der Waals surface area contributed by atoms with E-state index in [1.165, 1.54) is 0 Å². The summed E-state index contributed by atoms with van der Waals surface area (Å²) in [7, 11) is 1.92. The molecular weight excluding hydrogens is 224 g/mol. The van der Waals surface area contributed by atoms with E-state index in [2.05, 4.69) is 4.98 Å². The summed E-state index contributed by atoms with van der Waals surface area (Å²) >= 11 is 0. The largest absolute Gasteiger partial charge is 0.396 e. The Balaban J connectivity index is 2.44. The zero-order valence-corrected chi connectivity index (χ0v) is 10.4. The highest BCUT2D eigenvalue weighted by Crippen LogP contribution is 2.26. The van der Waals surface area contributed by atoms with Crippen LogP contribution in [0.5, 0.6) is 0 Å². The monoisotopic (exact) mass is 238 g/mol. The maximum absolute atomic E-state index is 8.94. The van der Waals surface area contributed by atoms with Crippen LogP contribution in [-0.2, 0) is 0 Å². The number of aryl methyl sites for hydroxylation is 1. The Kier molecular flexibility index (Phi) is 3.16. The fourth-order valence-corrected chi connectivity index (χ4v) is 1.80. The van der Waals surface area contributed by atoms with E-state index in [1.54, 1.807) is 6.07 Å². The van der Waals surface area contributed by atoms with Gasteiger partial charge in [0.2, 0.25) is 0 Å². The van der Waals surface area contributed by atoms with Gasteiger partial charge >= 0.3 is 0 Å². The lowest BCUT2D eigenvalue weighted by Crippen LogP contribution is -2.13. The van der Waals surface area contributed by atoms with Crippen molar-refractivity contribution in [1.29, 1.82) is 5.26 Å². The molecule has 2 rings (SSSR count). The number of hydrogen-bond acceptors (Lipinski definition) is 4. The molecule has 4 nitrogen and oxygen atoms in total. The normalized spacial score (nSPS) is 9.83. The molecule has 2 N–H and O–H groups in total. The molecule has 0 spiro atoms. The molecule has 0 amide bonds. The predicted molar refractivity (Wildman–Crippen MR) is 72.6 cm³/mol. The number of rotatable bonds is 2. The molecule has 0 fully saturated rings. The van der Waals surface area contributed by atoms with Crippen LogP contribution in [0.25, 0.3) is 0 Å². The molecule has 0 saturated heterocycles. The molecule has 0 aliphatic carbocycles. The van der Waals surface area contributed by atoms with E-state index in [-0.39, 0.29) is 5.69 Å². The van der Waals surface area contributed by atoms with Gasteiger partial charge in [-0.05, 0) is 30.7 Å². The van der Waals surface area contributed by atoms with Crippen LogP contribution < -0.4 is 10.6 Å². The third-order valence-corrected chi connectivity index (χ3v) is 2.84. The number of pyridine rings is 1. The van der Waals surface area contributed by atoms with Crippen molar-refractivity contribution >= 4 is 17.2 Å². The molecule has 0 aliphatic rings. The first kappa shape index (κ1) is 11.9. The van der Waals surface area contributed by atoms with E-state index in [1.807, 2.05) is 55.3 Å². The maximum atomic E-state index is 8.94. The number of benzene rings is 1. The molecule has 1 heterocycles. The third-order valence-electron chi connectivity index (χ3n) is 2.84. The van der Waals surface area contributed by atoms with Gasteiger partial charge in [0, 0.05) is 12.7 Å². The van der Waals surface area contributed by atoms with Crippen molar-refractivity contribution in [3.63, 3.8) is 0 Å². The molecule has 90 valence electrons. The molecule has 0 bridgehead atoms. The van der Waals surface area contributed by atoms with Gasteiger partial charge in [0.05, 0.1) is 5.69 Å². The Bertz CT molecular complexity index is 613. The summed E-state index contributed by atoms with van der Waals surface area (Å²) in [6.07, 6.45) is 0. The van der Waals surface area contributed by atoms with Gasteiger partial charge in [0.15, 0.2) is 5.69 Å². The lowest BCUT2D eigenvalue weighted by molar-refractivity contribution is 1.10. The van der Waals surface area contributed by atoms with Crippen molar-refractivity contribution in [2.24, 2.45) is 0 Å². The highest BCUT2D eigenvalue weighted by Gasteiger charge is 2.09. The fraction of sp³-hybridized carbons (Fsp3) is 0.143. The van der Waals surface area contributed by atoms with Crippen LogP contribution >= 0.6 is 0 Å². The summed E-state index contributed by atoms with van der Waals surface area (Å²) in [5, 5.41) is 8.94. The Morgan fingerprint density at radius 3 is 2.61 bits per heavy atom. The number of para-hydroxylation sites is 1. The van der Waals surface area contributed by atoms with Gasteiger partial charge in [-0.3, -0.25) is 0 Å². The molecule has 1 aromatic heterocycles. The van der Waals surface area contributed by atoms with Crippen molar-refractivity contribution < 1.29 is 0 Å². The maximum Gasteiger partial charge on any atom is 0.165 e. The van der Waals surface area contributed by atoms with Gasteiger partial charge in [0.25, 0.3) is 0 Å². The highest BCUT2D eigenvalue weighted by molar-refractivity contribution is 5.65. The number of nitrogen functional groups attached to an aromatic ring is 1. The van der Waals surface area contributed by atoms with Crippen molar-refractivity contribution in [1.82, 2.24) is 4.98 Å². The van der Waals surface area contributed by atoms with Crippen LogP contribution in [0.4, 0.5) is 17.2 Å². The van der Waals surface area contributed by atoms with Crippen LogP contribution in [0.1, 0.15) is 11.3 Å². The molecule has 2 aromatic rings. The lowest BCUT2D eigenvalue weighted by atomic mass is 10.2. The molecule has 0 unspecified atom stereocenters. The predicted octanol–water partition coefficient (Wildman–Crippen LogP) is 2.61. The van der Waals surface area contributed by atoms with Crippen molar-refractivity contribution in [3.8, 4) is 6.07 Å². The molecule has 0 atom stereocenters. The van der Waals surface area contributed by atoms with Gasteiger partial charge in [-0.15, -0.1) is 0 Å². The minimum Gasteiger partial charge on any atom is -0.396 e. The Morgan fingerprint density at radius 2 is 1.94 bits per heavy atom. The second-order valence-corrected chi connectivity index (χ2v) is 4.06. The van der Waals surface area contributed by atoms with Crippen molar-refractivity contribution in [2.75, 3.05) is 17.7 Å². The molecular formula is C14H14N4. The molecule has 1 aromatic carbocycles. The molecule has 4 heteroatoms. The van der Waals surface area contributed by atoms with Crippen LogP contribution in [0.15, 0.2) is 36.4 Å². The quantitative estimate of drug-likeness (QED) is 0.873. The Labute approximate surface area is 106 Å². The van der Waals surface area contributed by atoms with Crippen LogP contribution in [0.2, 0.25) is 0 Å². The van der Waals surface area contributed by atoms with Gasteiger partial charge in [0.1, 0.15) is 11.9 Å². The van der Waals surface area contributed by atoms with Gasteiger partial charge in [-0.2, -0.15) is 5.26 Å². The summed E-state index contributed by atoms with van der Waals surface area (Å²) in [5.41, 5.74) is 8.53. The second-order valence-electron chi connectivity index (χ2n) is 4.06. The number of nitriles is 1. The number of aromatic nitrogens is 1. The van der Waals surface area contributed by atoms with Crippen LogP contribution in [-0.4, -0.2) is 12.0 Å². The first-order valence-electron chi connectivity index (χ1n) is 5.59. The second kappa shape index (κ2) is 4.76. The zero-order valence-electron chi connectivity index (χ0n) is 10.4. The van der Waals surface area contributed by atoms with Crippen molar-refractivity contribution in [2.45, 2.75) is 6.92 Å². The molecule has 0 saturated carbocycles. The first-order valence-corrected chi connectivity index (χ1v) is 5.59. The average Bonchev–Trinajstić information content (AvgIpc) is 2.39. The first-order chi connectivity index (χ1) is 8.63. The van der Waals surface area contributed by atoms with E-state index in [9.17, 15) is 0 Å². The average molecular weight is 238 g/mol. The third kappa shape index (κ3) is 2.11. The molecule has 0 radical (unpaired) electrons. The number of nitrogens with two attached hydrogens (primary N) is 1. The molecule has 0 aliphatic heterocycles. The van der Waals surface area contributed by atoms with E-state index >= 15 is 0 Å². The summed E-state index contributed by atoms with van der Waals surface area (Å²) in [6.45, 7) is 2.04. The van der Waals surface area contributed by atoms with E-state index in [0.29, 0.717) is 11.5 Å². The smallest absolute Gasteiger partial charge is 0.165 e. The zero-order chi connectivity index (χ0) is 13.1. The van der Waals surface area contributed by atoms with Gasteiger partial charge in [-0.1, -0.05) is 18.2 Å². The van der Waals surface area contributed by atoms with Crippen LogP contribution in [0, 0.1) is 18.3 Å². The van der Waals surface area contributed by atoms with Crippen LogP contribution in [0.3, 0.4) is 0 Å². The van der Waals surface area contributed by atoms with E-state index in [4.69, 9.17) is 11.0 Å². The summed E-state index contributed by atoms with van der Waals surface area (Å²) in [5.74, 6) is 0.704. The summed E-state index contributed by atoms with van der Waals surface area (Å²) in [6, 6.07) is 13.5. The standard InChI is InChI=1S/C14H14N4/c1-10-5-3-4-6-13(10)18(2)14-8-7-11(16)12(9-15)17-14/h3-8H,16H2,1-2H3. The fourth-order valence-electron chi connectivity index (χ4n) is 1.80. The topological polar surface area (TPSA) is 65.9 Å². The molecule has 18 heavy (non-hydrogen) atoms. The number of anilines is 3. The Hall–Kier alpha value is -2.54. The van der Waals surface area contributed by atoms with E-state index in [0.717, 1.165) is 11.3 Å². The number of nitrogens with zero attached hydrogens (tertiary/aromatic N) is 3. The minimum atomic E-state index is 0.257. The summed E-state index contributed by atoms with van der Waals surface area (Å²) < 4.78 is 0. The summed E-state index contributed by atoms with van der Waals surface area (Å²) in [4.78, 5) is 6.19. The SMILES string of the molecule is Cc1ccccc1N(C)c1ccc(N)c(C#N)n1.